The lowest BCUT2D eigenvalue weighted by Crippen LogP contribution is -2.45. The number of hydrogen-bond donors (Lipinski definition) is 2. The maximum absolute atomic E-state index is 4.57. The molecular formula is C21H38N6. The minimum atomic E-state index is 0.424. The van der Waals surface area contributed by atoms with Crippen LogP contribution in [0.1, 0.15) is 45.6 Å². The molecule has 1 aromatic heterocycles. The summed E-state index contributed by atoms with van der Waals surface area (Å²) in [5, 5.41) is 6.94. The summed E-state index contributed by atoms with van der Waals surface area (Å²) in [6.45, 7) is 11.8. The summed E-state index contributed by atoms with van der Waals surface area (Å²) in [5.74, 6) is 2.72. The van der Waals surface area contributed by atoms with E-state index in [1.54, 1.807) is 0 Å². The third-order valence-electron chi connectivity index (χ3n) is 5.12. The van der Waals surface area contributed by atoms with Crippen molar-refractivity contribution in [3.05, 3.63) is 23.9 Å². The highest BCUT2D eigenvalue weighted by molar-refractivity contribution is 5.79. The molecule has 0 spiro atoms. The van der Waals surface area contributed by atoms with Gasteiger partial charge in [0.25, 0.3) is 0 Å². The van der Waals surface area contributed by atoms with Gasteiger partial charge in [0.15, 0.2) is 5.96 Å². The van der Waals surface area contributed by atoms with Crippen molar-refractivity contribution in [1.82, 2.24) is 20.5 Å². The second kappa shape index (κ2) is 11.1. The summed E-state index contributed by atoms with van der Waals surface area (Å²) in [5.41, 5.74) is 1.23. The Bertz CT molecular complexity index is 578. The van der Waals surface area contributed by atoms with E-state index in [-0.39, 0.29) is 0 Å². The molecule has 0 bridgehead atoms. The number of nitrogens with one attached hydrogen (secondary N) is 2. The Kier molecular flexibility index (Phi) is 8.85. The van der Waals surface area contributed by atoms with E-state index in [0.717, 1.165) is 50.4 Å². The van der Waals surface area contributed by atoms with Crippen molar-refractivity contribution in [3.8, 4) is 0 Å². The molecule has 1 saturated heterocycles. The first-order chi connectivity index (χ1) is 13.0. The number of piperazine rings is 1. The number of nitrogens with zero attached hydrogens (tertiary/aromatic N) is 4. The number of aliphatic imine (C=N–C) groups is 1. The second-order valence-corrected chi connectivity index (χ2v) is 8.11. The third kappa shape index (κ3) is 7.75. The van der Waals surface area contributed by atoms with Gasteiger partial charge in [-0.05, 0) is 44.0 Å². The molecule has 2 N–H and O–H groups in total. The van der Waals surface area contributed by atoms with Crippen LogP contribution in [0.3, 0.4) is 0 Å². The van der Waals surface area contributed by atoms with Crippen LogP contribution in [0.2, 0.25) is 0 Å². The van der Waals surface area contributed by atoms with Gasteiger partial charge in [-0.15, -0.1) is 0 Å². The Morgan fingerprint density at radius 3 is 2.59 bits per heavy atom. The van der Waals surface area contributed by atoms with Crippen molar-refractivity contribution in [3.63, 3.8) is 0 Å². The summed E-state index contributed by atoms with van der Waals surface area (Å²) in [6.07, 6.45) is 5.61. The maximum atomic E-state index is 4.57. The van der Waals surface area contributed by atoms with Gasteiger partial charge < -0.3 is 20.4 Å². The Morgan fingerprint density at radius 1 is 1.19 bits per heavy atom. The van der Waals surface area contributed by atoms with Gasteiger partial charge in [0.1, 0.15) is 5.82 Å². The van der Waals surface area contributed by atoms with Crippen LogP contribution < -0.4 is 15.5 Å². The minimum Gasteiger partial charge on any atom is -0.354 e. The fraction of sp³-hybridized carbons (Fsp3) is 0.714. The van der Waals surface area contributed by atoms with E-state index in [0.29, 0.717) is 6.04 Å². The monoisotopic (exact) mass is 374 g/mol. The summed E-state index contributed by atoms with van der Waals surface area (Å²) >= 11 is 0. The van der Waals surface area contributed by atoms with Crippen LogP contribution in [0.25, 0.3) is 0 Å². The Labute approximate surface area is 165 Å². The molecule has 2 rings (SSSR count). The zero-order valence-corrected chi connectivity index (χ0v) is 17.8. The summed E-state index contributed by atoms with van der Waals surface area (Å²) < 4.78 is 0. The molecule has 1 aromatic rings. The minimum absolute atomic E-state index is 0.424. The maximum Gasteiger partial charge on any atom is 0.191 e. The van der Waals surface area contributed by atoms with Crippen LogP contribution in [0.15, 0.2) is 23.3 Å². The van der Waals surface area contributed by atoms with Crippen LogP contribution in [0, 0.1) is 5.92 Å². The quantitative estimate of drug-likeness (QED) is 0.541. The zero-order valence-electron chi connectivity index (χ0n) is 17.8. The smallest absolute Gasteiger partial charge is 0.191 e. The van der Waals surface area contributed by atoms with E-state index in [4.69, 9.17) is 0 Å². The van der Waals surface area contributed by atoms with Crippen molar-refractivity contribution in [2.24, 2.45) is 10.9 Å². The van der Waals surface area contributed by atoms with Crippen molar-refractivity contribution >= 4 is 11.8 Å². The first-order valence-electron chi connectivity index (χ1n) is 10.3. The number of likely N-dealkylation sites (N-methyl/N-ethyl adjacent to an activating group) is 1. The topological polar surface area (TPSA) is 55.8 Å². The molecule has 1 unspecified atom stereocenters. The van der Waals surface area contributed by atoms with Crippen LogP contribution in [0.4, 0.5) is 5.82 Å². The molecule has 0 radical (unpaired) electrons. The van der Waals surface area contributed by atoms with E-state index in [1.807, 2.05) is 13.2 Å². The van der Waals surface area contributed by atoms with Crippen molar-refractivity contribution in [2.45, 2.75) is 52.6 Å². The van der Waals surface area contributed by atoms with Gasteiger partial charge in [-0.3, -0.25) is 4.99 Å². The first kappa shape index (κ1) is 21.5. The fourth-order valence-electron chi connectivity index (χ4n) is 3.30. The Morgan fingerprint density at radius 2 is 1.93 bits per heavy atom. The van der Waals surface area contributed by atoms with Gasteiger partial charge in [-0.1, -0.05) is 26.7 Å². The van der Waals surface area contributed by atoms with Crippen LogP contribution >= 0.6 is 0 Å². The van der Waals surface area contributed by atoms with Crippen LogP contribution in [0.5, 0.6) is 0 Å². The van der Waals surface area contributed by atoms with Crippen LogP contribution in [-0.4, -0.2) is 62.2 Å². The van der Waals surface area contributed by atoms with E-state index < -0.39 is 0 Å². The Balaban J connectivity index is 1.81. The van der Waals surface area contributed by atoms with Gasteiger partial charge >= 0.3 is 0 Å². The van der Waals surface area contributed by atoms with Crippen molar-refractivity contribution < 1.29 is 0 Å². The number of hydrogen-bond acceptors (Lipinski definition) is 4. The SMILES string of the molecule is CN=C(NCc1ccnc(N2CCN(C)CC2)c1)NC(C)CCCC(C)C. The molecule has 1 aliphatic rings. The number of rotatable bonds is 8. The summed E-state index contributed by atoms with van der Waals surface area (Å²) in [7, 11) is 4.01. The lowest BCUT2D eigenvalue weighted by Gasteiger charge is -2.33. The summed E-state index contributed by atoms with van der Waals surface area (Å²) in [6, 6.07) is 4.69. The highest BCUT2D eigenvalue weighted by Crippen LogP contribution is 2.14. The van der Waals surface area contributed by atoms with Crippen LogP contribution in [-0.2, 0) is 6.54 Å². The van der Waals surface area contributed by atoms with Gasteiger partial charge in [0.2, 0.25) is 0 Å². The molecule has 1 atom stereocenters. The van der Waals surface area contributed by atoms with Crippen molar-refractivity contribution in [1.29, 1.82) is 0 Å². The first-order valence-corrected chi connectivity index (χ1v) is 10.3. The highest BCUT2D eigenvalue weighted by Gasteiger charge is 2.15. The molecule has 6 heteroatoms. The third-order valence-corrected chi connectivity index (χ3v) is 5.12. The van der Waals surface area contributed by atoms with Gasteiger partial charge in [0, 0.05) is 52.0 Å². The van der Waals surface area contributed by atoms with E-state index >= 15 is 0 Å². The van der Waals surface area contributed by atoms with E-state index in [2.05, 4.69) is 70.4 Å². The molecule has 152 valence electrons. The number of anilines is 1. The van der Waals surface area contributed by atoms with Gasteiger partial charge in [-0.2, -0.15) is 0 Å². The molecular weight excluding hydrogens is 336 g/mol. The lowest BCUT2D eigenvalue weighted by atomic mass is 10.0. The molecule has 1 fully saturated rings. The van der Waals surface area contributed by atoms with E-state index in [9.17, 15) is 0 Å². The molecule has 2 heterocycles. The number of guanidine groups is 1. The fourth-order valence-corrected chi connectivity index (χ4v) is 3.30. The molecule has 0 amide bonds. The average Bonchev–Trinajstić information content (AvgIpc) is 2.65. The molecule has 1 aliphatic heterocycles. The van der Waals surface area contributed by atoms with Gasteiger partial charge in [0.05, 0.1) is 0 Å². The average molecular weight is 375 g/mol. The molecule has 27 heavy (non-hydrogen) atoms. The zero-order chi connectivity index (χ0) is 19.6. The predicted molar refractivity (Wildman–Crippen MR) is 115 cm³/mol. The number of pyridine rings is 1. The summed E-state index contributed by atoms with van der Waals surface area (Å²) in [4.78, 5) is 13.7. The molecule has 0 saturated carbocycles. The largest absolute Gasteiger partial charge is 0.354 e. The predicted octanol–water partition coefficient (Wildman–Crippen LogP) is 2.71. The van der Waals surface area contributed by atoms with Crippen molar-refractivity contribution in [2.75, 3.05) is 45.2 Å². The Hall–Kier alpha value is -1.82. The molecule has 0 aromatic carbocycles. The number of aromatic nitrogens is 1. The molecule has 0 aliphatic carbocycles. The molecule has 6 nitrogen and oxygen atoms in total. The normalized spacial score (nSPS) is 17.3. The highest BCUT2D eigenvalue weighted by atomic mass is 15.3. The van der Waals surface area contributed by atoms with E-state index in [1.165, 1.54) is 24.8 Å². The second-order valence-electron chi connectivity index (χ2n) is 8.11. The van der Waals surface area contributed by atoms with Gasteiger partial charge in [-0.25, -0.2) is 4.98 Å². The lowest BCUT2D eigenvalue weighted by molar-refractivity contribution is 0.312. The standard InChI is InChI=1S/C21H38N6/c1-17(2)7-6-8-18(3)25-21(22-4)24-16-19-9-10-23-20(15-19)27-13-11-26(5)12-14-27/h9-10,15,17-18H,6-8,11-14,16H2,1-5H3,(H2,22,24,25).